The van der Waals surface area contributed by atoms with Gasteiger partial charge in [0.15, 0.2) is 0 Å². The molecule has 5 nitrogen and oxygen atoms in total. The third-order valence-electron chi connectivity index (χ3n) is 2.96. The van der Waals surface area contributed by atoms with Crippen LogP contribution < -0.4 is 10.1 Å². The number of aromatic hydroxyl groups is 1. The first kappa shape index (κ1) is 12.7. The number of methoxy groups -OCH3 is 1. The molecule has 0 aromatic heterocycles. The molecule has 1 unspecified atom stereocenters. The Balaban J connectivity index is 1.98. The van der Waals surface area contributed by atoms with Gasteiger partial charge >= 0.3 is 0 Å². The van der Waals surface area contributed by atoms with Gasteiger partial charge in [-0.2, -0.15) is 0 Å². The van der Waals surface area contributed by atoms with Crippen LogP contribution in [0.5, 0.6) is 11.5 Å². The Hall–Kier alpha value is -1.75. The number of phenolic OH excluding ortho intramolecular Hbond substituents is 1. The maximum Gasteiger partial charge on any atom is 0.255 e. The van der Waals surface area contributed by atoms with E-state index in [1.54, 1.807) is 6.07 Å². The lowest BCUT2D eigenvalue weighted by Crippen LogP contribution is -2.31. The second-order valence-electron chi connectivity index (χ2n) is 4.23. The number of phenols is 1. The monoisotopic (exact) mass is 251 g/mol. The van der Waals surface area contributed by atoms with Gasteiger partial charge in [0.1, 0.15) is 11.5 Å². The number of amides is 1. The summed E-state index contributed by atoms with van der Waals surface area (Å²) in [5.41, 5.74) is 0.215. The highest BCUT2D eigenvalue weighted by molar-refractivity contribution is 5.97. The van der Waals surface area contributed by atoms with Crippen LogP contribution in [-0.2, 0) is 4.74 Å². The average molecular weight is 251 g/mol. The third kappa shape index (κ3) is 2.92. The van der Waals surface area contributed by atoms with Gasteiger partial charge in [-0.25, -0.2) is 0 Å². The minimum atomic E-state index is -0.318. The molecule has 1 aromatic carbocycles. The summed E-state index contributed by atoms with van der Waals surface area (Å²) in [5, 5.41) is 12.4. The van der Waals surface area contributed by atoms with Crippen molar-refractivity contribution in [3.05, 3.63) is 23.8 Å². The minimum absolute atomic E-state index is 0.0550. The van der Waals surface area contributed by atoms with Crippen molar-refractivity contribution in [2.24, 2.45) is 0 Å². The van der Waals surface area contributed by atoms with Crippen molar-refractivity contribution in [1.82, 2.24) is 5.32 Å². The van der Waals surface area contributed by atoms with Gasteiger partial charge in [0, 0.05) is 13.2 Å². The van der Waals surface area contributed by atoms with Gasteiger partial charge in [0.05, 0.1) is 18.8 Å². The summed E-state index contributed by atoms with van der Waals surface area (Å²) in [6.45, 7) is 1.22. The fourth-order valence-corrected chi connectivity index (χ4v) is 1.93. The van der Waals surface area contributed by atoms with Crippen molar-refractivity contribution in [3.8, 4) is 11.5 Å². The van der Waals surface area contributed by atoms with E-state index in [0.29, 0.717) is 12.3 Å². The van der Waals surface area contributed by atoms with Crippen LogP contribution >= 0.6 is 0 Å². The topological polar surface area (TPSA) is 67.8 Å². The quantitative estimate of drug-likeness (QED) is 0.846. The Morgan fingerprint density at radius 3 is 3.11 bits per heavy atom. The molecule has 0 radical (unpaired) electrons. The molecule has 98 valence electrons. The van der Waals surface area contributed by atoms with Crippen LogP contribution in [0.1, 0.15) is 23.2 Å². The zero-order valence-corrected chi connectivity index (χ0v) is 10.3. The lowest BCUT2D eigenvalue weighted by atomic mass is 10.1. The largest absolute Gasteiger partial charge is 0.507 e. The Kier molecular flexibility index (Phi) is 4.04. The molecular formula is C13H17NO4. The van der Waals surface area contributed by atoms with Gasteiger partial charge in [-0.15, -0.1) is 0 Å². The first-order valence-corrected chi connectivity index (χ1v) is 5.97. The minimum Gasteiger partial charge on any atom is -0.507 e. The molecule has 2 N–H and O–H groups in total. The van der Waals surface area contributed by atoms with Gasteiger partial charge < -0.3 is 19.9 Å². The molecule has 1 atom stereocenters. The maximum absolute atomic E-state index is 11.9. The first-order valence-electron chi connectivity index (χ1n) is 5.97. The second kappa shape index (κ2) is 5.73. The van der Waals surface area contributed by atoms with E-state index in [1.165, 1.54) is 19.2 Å². The van der Waals surface area contributed by atoms with Crippen molar-refractivity contribution >= 4 is 5.91 Å². The summed E-state index contributed by atoms with van der Waals surface area (Å²) in [6, 6.07) is 4.56. The van der Waals surface area contributed by atoms with Crippen LogP contribution in [-0.4, -0.2) is 37.4 Å². The summed E-state index contributed by atoms with van der Waals surface area (Å²) >= 11 is 0. The molecule has 18 heavy (non-hydrogen) atoms. The van der Waals surface area contributed by atoms with E-state index in [2.05, 4.69) is 5.32 Å². The third-order valence-corrected chi connectivity index (χ3v) is 2.96. The number of nitrogens with one attached hydrogen (secondary N) is 1. The molecule has 2 rings (SSSR count). The highest BCUT2D eigenvalue weighted by atomic mass is 16.5. The summed E-state index contributed by atoms with van der Waals surface area (Å²) < 4.78 is 10.4. The van der Waals surface area contributed by atoms with Crippen molar-refractivity contribution in [3.63, 3.8) is 0 Å². The normalized spacial score (nSPS) is 18.6. The van der Waals surface area contributed by atoms with Crippen molar-refractivity contribution in [2.45, 2.75) is 18.9 Å². The molecule has 1 heterocycles. The Morgan fingerprint density at radius 1 is 1.61 bits per heavy atom. The van der Waals surface area contributed by atoms with E-state index in [-0.39, 0.29) is 23.3 Å². The molecule has 1 saturated heterocycles. The average Bonchev–Trinajstić information content (AvgIpc) is 2.89. The smallest absolute Gasteiger partial charge is 0.255 e. The van der Waals surface area contributed by atoms with E-state index < -0.39 is 0 Å². The van der Waals surface area contributed by atoms with Gasteiger partial charge in [0.25, 0.3) is 5.91 Å². The molecule has 5 heteroatoms. The molecule has 0 aliphatic carbocycles. The first-order chi connectivity index (χ1) is 8.70. The molecule has 1 aromatic rings. The van der Waals surface area contributed by atoms with Crippen LogP contribution in [0.25, 0.3) is 0 Å². The molecule has 1 aliphatic heterocycles. The zero-order valence-electron chi connectivity index (χ0n) is 10.3. The lowest BCUT2D eigenvalue weighted by molar-refractivity contribution is 0.0855. The Morgan fingerprint density at radius 2 is 2.44 bits per heavy atom. The number of carbonyl (C=O) groups is 1. The van der Waals surface area contributed by atoms with E-state index in [4.69, 9.17) is 9.47 Å². The van der Waals surface area contributed by atoms with Gasteiger partial charge in [-0.1, -0.05) is 0 Å². The molecule has 1 aliphatic rings. The number of ether oxygens (including phenoxy) is 2. The molecule has 1 amide bonds. The molecule has 0 spiro atoms. The van der Waals surface area contributed by atoms with Crippen LogP contribution in [0, 0.1) is 0 Å². The van der Waals surface area contributed by atoms with Gasteiger partial charge in [0.2, 0.25) is 0 Å². The highest BCUT2D eigenvalue weighted by Gasteiger charge is 2.18. The lowest BCUT2D eigenvalue weighted by Gasteiger charge is -2.12. The molecule has 0 saturated carbocycles. The van der Waals surface area contributed by atoms with Crippen LogP contribution in [0.4, 0.5) is 0 Å². The number of rotatable bonds is 4. The van der Waals surface area contributed by atoms with E-state index >= 15 is 0 Å². The van der Waals surface area contributed by atoms with Crippen molar-refractivity contribution in [1.29, 1.82) is 0 Å². The van der Waals surface area contributed by atoms with Crippen molar-refractivity contribution in [2.75, 3.05) is 20.3 Å². The Bertz CT molecular complexity index is 427. The summed E-state index contributed by atoms with van der Waals surface area (Å²) in [6.07, 6.45) is 2.08. The highest BCUT2D eigenvalue weighted by Crippen LogP contribution is 2.22. The van der Waals surface area contributed by atoms with Crippen LogP contribution in [0.15, 0.2) is 18.2 Å². The van der Waals surface area contributed by atoms with E-state index in [0.717, 1.165) is 19.4 Å². The molecular weight excluding hydrogens is 234 g/mol. The fourth-order valence-electron chi connectivity index (χ4n) is 1.93. The Labute approximate surface area is 106 Å². The summed E-state index contributed by atoms with van der Waals surface area (Å²) in [5.74, 6) is 0.164. The predicted molar refractivity (Wildman–Crippen MR) is 66.0 cm³/mol. The summed E-state index contributed by atoms with van der Waals surface area (Å²) in [7, 11) is 1.51. The summed E-state index contributed by atoms with van der Waals surface area (Å²) in [4.78, 5) is 11.9. The maximum atomic E-state index is 11.9. The number of carbonyl (C=O) groups excluding carboxylic acids is 1. The van der Waals surface area contributed by atoms with E-state index in [1.807, 2.05) is 0 Å². The number of hydrogen-bond donors (Lipinski definition) is 2. The zero-order chi connectivity index (χ0) is 13.0. The van der Waals surface area contributed by atoms with Crippen LogP contribution in [0.3, 0.4) is 0 Å². The van der Waals surface area contributed by atoms with Gasteiger partial charge in [-0.05, 0) is 31.0 Å². The fraction of sp³-hybridized carbons (Fsp3) is 0.462. The predicted octanol–water partition coefficient (Wildman–Crippen LogP) is 1.31. The van der Waals surface area contributed by atoms with E-state index in [9.17, 15) is 9.90 Å². The standard InChI is InChI=1S/C13H17NO4/c1-17-9-4-5-12(15)11(7-9)13(16)14-8-10-3-2-6-18-10/h4-5,7,10,15H,2-3,6,8H2,1H3,(H,14,16). The number of hydrogen-bond acceptors (Lipinski definition) is 4. The SMILES string of the molecule is COc1ccc(O)c(C(=O)NCC2CCCO2)c1. The van der Waals surface area contributed by atoms with Crippen molar-refractivity contribution < 1.29 is 19.4 Å². The molecule has 1 fully saturated rings. The van der Waals surface area contributed by atoms with Crippen LogP contribution in [0.2, 0.25) is 0 Å². The molecule has 0 bridgehead atoms. The number of benzene rings is 1. The second-order valence-corrected chi connectivity index (χ2v) is 4.23. The van der Waals surface area contributed by atoms with Gasteiger partial charge in [-0.3, -0.25) is 4.79 Å².